The molecule has 11 heteroatoms. The molecule has 0 bridgehead atoms. The molecule has 2 fully saturated rings. The van der Waals surface area contributed by atoms with Gasteiger partial charge in [0.25, 0.3) is 0 Å². The highest BCUT2D eigenvalue weighted by molar-refractivity contribution is 6.31. The van der Waals surface area contributed by atoms with Crippen LogP contribution in [-0.2, 0) is 9.59 Å². The van der Waals surface area contributed by atoms with Crippen LogP contribution in [0.4, 0.5) is 17.5 Å². The molecule has 0 aliphatic carbocycles. The fourth-order valence-corrected chi connectivity index (χ4v) is 5.54. The summed E-state index contributed by atoms with van der Waals surface area (Å²) in [7, 11) is 1.93. The quantitative estimate of drug-likeness (QED) is 0.383. The predicted octanol–water partition coefficient (Wildman–Crippen LogP) is 4.04. The molecule has 1 aromatic heterocycles. The second-order valence-corrected chi connectivity index (χ2v) is 10.7. The Bertz CT molecular complexity index is 1180. The number of nitrogens with zero attached hydrogens (tertiary/aromatic N) is 4. The van der Waals surface area contributed by atoms with Gasteiger partial charge in [0.2, 0.25) is 17.7 Å². The molecule has 2 saturated heterocycles. The predicted molar refractivity (Wildman–Crippen MR) is 148 cm³/mol. The van der Waals surface area contributed by atoms with Gasteiger partial charge in [0.15, 0.2) is 0 Å². The van der Waals surface area contributed by atoms with Crippen LogP contribution < -0.4 is 25.6 Å². The Balaban J connectivity index is 1.51. The van der Waals surface area contributed by atoms with Crippen molar-refractivity contribution in [3.05, 3.63) is 34.9 Å². The number of benzene rings is 1. The zero-order valence-electron chi connectivity index (χ0n) is 22.2. The van der Waals surface area contributed by atoms with Crippen molar-refractivity contribution >= 4 is 40.9 Å². The van der Waals surface area contributed by atoms with E-state index in [1.54, 1.807) is 17.0 Å². The molecule has 4 N–H and O–H groups in total. The van der Waals surface area contributed by atoms with E-state index in [9.17, 15) is 14.7 Å². The van der Waals surface area contributed by atoms with E-state index in [0.717, 1.165) is 30.5 Å². The monoisotopic (exact) mass is 544 g/mol. The first-order chi connectivity index (χ1) is 18.1. The van der Waals surface area contributed by atoms with Gasteiger partial charge in [0.05, 0.1) is 5.69 Å². The number of anilines is 3. The average molecular weight is 545 g/mol. The number of aromatic nitrogens is 2. The molecule has 38 heavy (non-hydrogen) atoms. The van der Waals surface area contributed by atoms with Crippen molar-refractivity contribution < 1.29 is 19.4 Å². The van der Waals surface area contributed by atoms with Crippen molar-refractivity contribution in [2.24, 2.45) is 5.41 Å². The molecule has 3 heterocycles. The van der Waals surface area contributed by atoms with Crippen molar-refractivity contribution in [1.29, 1.82) is 0 Å². The average Bonchev–Trinajstić information content (AvgIpc) is 3.52. The van der Waals surface area contributed by atoms with Crippen molar-refractivity contribution in [2.75, 3.05) is 42.2 Å². The largest absolute Gasteiger partial charge is 0.480 e. The van der Waals surface area contributed by atoms with Gasteiger partial charge in [-0.05, 0) is 49.7 Å². The molecule has 3 unspecified atom stereocenters. The first-order valence-corrected chi connectivity index (χ1v) is 13.6. The molecule has 4 rings (SSSR count). The number of nitrogen functional groups attached to an aromatic ring is 1. The van der Waals surface area contributed by atoms with Crippen molar-refractivity contribution in [1.82, 2.24) is 15.3 Å². The first kappa shape index (κ1) is 27.9. The molecule has 1 amide bonds. The molecule has 2 aromatic rings. The maximum absolute atomic E-state index is 12.5. The number of carboxylic acids is 1. The van der Waals surface area contributed by atoms with Crippen molar-refractivity contribution in [3.63, 3.8) is 0 Å². The lowest BCUT2D eigenvalue weighted by Crippen LogP contribution is -2.30. The Kier molecular flexibility index (Phi) is 8.62. The van der Waals surface area contributed by atoms with Crippen LogP contribution in [0.25, 0.3) is 0 Å². The molecule has 2 aliphatic heterocycles. The number of amides is 1. The molecule has 3 atom stereocenters. The van der Waals surface area contributed by atoms with Crippen LogP contribution in [0.1, 0.15) is 64.0 Å². The first-order valence-electron chi connectivity index (χ1n) is 13.2. The Morgan fingerprint density at radius 3 is 2.79 bits per heavy atom. The third kappa shape index (κ3) is 6.13. The van der Waals surface area contributed by atoms with E-state index in [2.05, 4.69) is 22.2 Å². The number of ether oxygens (including phenoxy) is 1. The number of carbonyl (C=O) groups is 2. The number of halogens is 1. The van der Waals surface area contributed by atoms with Crippen LogP contribution in [-0.4, -0.2) is 59.7 Å². The van der Waals surface area contributed by atoms with Gasteiger partial charge in [0, 0.05) is 49.8 Å². The summed E-state index contributed by atoms with van der Waals surface area (Å²) < 4.78 is 6.34. The summed E-state index contributed by atoms with van der Waals surface area (Å²) in [6.07, 6.45) is 3.91. The molecule has 0 radical (unpaired) electrons. The fourth-order valence-electron chi connectivity index (χ4n) is 5.37. The third-order valence-electron chi connectivity index (χ3n) is 7.82. The van der Waals surface area contributed by atoms with E-state index >= 15 is 0 Å². The minimum Gasteiger partial charge on any atom is -0.480 e. The maximum Gasteiger partial charge on any atom is 0.320 e. The zero-order chi connectivity index (χ0) is 27.4. The standard InChI is InChI=1S/C27H37ClN6O4/c1-4-21(18-9-8-17(28)13-20(18)34-11-6-7-24(34)35)38-23-14-22(31-26(29)32-23)33(3)12-10-27(5-2)15-19(25(36)37)30-16-27/h8-9,13-14,19,21,30H,4-7,10-12,15-16H2,1-3H3,(H,36,37)(H2,29,31,32). The maximum atomic E-state index is 12.5. The smallest absolute Gasteiger partial charge is 0.320 e. The molecular weight excluding hydrogens is 508 g/mol. The second kappa shape index (κ2) is 11.7. The van der Waals surface area contributed by atoms with Crippen molar-refractivity contribution in [3.8, 4) is 5.88 Å². The lowest BCUT2D eigenvalue weighted by atomic mass is 9.79. The number of carbonyl (C=O) groups excluding carboxylic acids is 1. The van der Waals surface area contributed by atoms with E-state index in [1.165, 1.54) is 0 Å². The van der Waals surface area contributed by atoms with Crippen LogP contribution >= 0.6 is 11.6 Å². The second-order valence-electron chi connectivity index (χ2n) is 10.3. The van der Waals surface area contributed by atoms with Gasteiger partial charge in [0.1, 0.15) is 18.0 Å². The number of rotatable bonds is 11. The van der Waals surface area contributed by atoms with Gasteiger partial charge in [-0.2, -0.15) is 9.97 Å². The zero-order valence-corrected chi connectivity index (χ0v) is 23.0. The highest BCUT2D eigenvalue weighted by atomic mass is 35.5. The van der Waals surface area contributed by atoms with Gasteiger partial charge in [-0.1, -0.05) is 31.5 Å². The summed E-state index contributed by atoms with van der Waals surface area (Å²) in [6, 6.07) is 6.78. The summed E-state index contributed by atoms with van der Waals surface area (Å²) in [4.78, 5) is 36.4. The van der Waals surface area contributed by atoms with Crippen LogP contribution in [0.5, 0.6) is 5.88 Å². The number of carboxylic acid groups (broad SMARTS) is 1. The molecule has 206 valence electrons. The van der Waals surface area contributed by atoms with Crippen molar-refractivity contribution in [2.45, 2.75) is 64.5 Å². The Labute approximate surface area is 228 Å². The number of hydrogen-bond donors (Lipinski definition) is 3. The third-order valence-corrected chi connectivity index (χ3v) is 8.06. The summed E-state index contributed by atoms with van der Waals surface area (Å²) in [5.41, 5.74) is 7.62. The Morgan fingerprint density at radius 2 is 2.16 bits per heavy atom. The van der Waals surface area contributed by atoms with E-state index in [4.69, 9.17) is 22.1 Å². The summed E-state index contributed by atoms with van der Waals surface area (Å²) in [6.45, 7) is 6.12. The SMILES string of the molecule is CCC(Oc1cc(N(C)CCC2(CC)CNC(C(=O)O)C2)nc(N)n1)c1ccc(Cl)cc1N1CCCC1=O. The van der Waals surface area contributed by atoms with Gasteiger partial charge in [-0.25, -0.2) is 0 Å². The highest BCUT2D eigenvalue weighted by Gasteiger charge is 2.40. The van der Waals surface area contributed by atoms with E-state index in [-0.39, 0.29) is 23.4 Å². The van der Waals surface area contributed by atoms with Gasteiger partial charge >= 0.3 is 5.97 Å². The molecule has 10 nitrogen and oxygen atoms in total. The summed E-state index contributed by atoms with van der Waals surface area (Å²) in [5, 5.41) is 13.1. The van der Waals surface area contributed by atoms with Gasteiger partial charge < -0.3 is 30.7 Å². The molecule has 2 aliphatic rings. The van der Waals surface area contributed by atoms with Gasteiger partial charge in [-0.3, -0.25) is 9.59 Å². The molecule has 1 aromatic carbocycles. The van der Waals surface area contributed by atoms with E-state index in [0.29, 0.717) is 55.6 Å². The topological polar surface area (TPSA) is 134 Å². The number of aliphatic carboxylic acids is 1. The lowest BCUT2D eigenvalue weighted by Gasteiger charge is -2.30. The molecule has 0 spiro atoms. The number of nitrogens with one attached hydrogen (secondary N) is 1. The summed E-state index contributed by atoms with van der Waals surface area (Å²) in [5.74, 6) is 0.348. The minimum absolute atomic E-state index is 0.0792. The highest BCUT2D eigenvalue weighted by Crippen LogP contribution is 2.38. The van der Waals surface area contributed by atoms with E-state index in [1.807, 2.05) is 31.0 Å². The molecular formula is C27H37ClN6O4. The molecule has 0 saturated carbocycles. The number of nitrogens with two attached hydrogens (primary N) is 1. The Morgan fingerprint density at radius 1 is 1.37 bits per heavy atom. The fraction of sp³-hybridized carbons (Fsp3) is 0.556. The normalized spacial score (nSPS) is 22.1. The van der Waals surface area contributed by atoms with Crippen LogP contribution in [0, 0.1) is 5.41 Å². The van der Waals surface area contributed by atoms with Gasteiger partial charge in [-0.15, -0.1) is 0 Å². The van der Waals surface area contributed by atoms with Crippen LogP contribution in [0.2, 0.25) is 5.02 Å². The summed E-state index contributed by atoms with van der Waals surface area (Å²) >= 11 is 6.29. The minimum atomic E-state index is -0.803. The van der Waals surface area contributed by atoms with E-state index < -0.39 is 12.0 Å². The van der Waals surface area contributed by atoms with Crippen LogP contribution in [0.15, 0.2) is 24.3 Å². The number of hydrogen-bond acceptors (Lipinski definition) is 8. The lowest BCUT2D eigenvalue weighted by molar-refractivity contribution is -0.139. The Hall–Kier alpha value is -3.11. The van der Waals surface area contributed by atoms with Crippen LogP contribution in [0.3, 0.4) is 0 Å².